The molecule has 28 heavy (non-hydrogen) atoms. The van der Waals surface area contributed by atoms with Crippen LogP contribution in [0, 0.1) is 5.82 Å². The van der Waals surface area contributed by atoms with Crippen LogP contribution in [-0.2, 0) is 9.53 Å². The van der Waals surface area contributed by atoms with E-state index < -0.39 is 23.6 Å². The highest BCUT2D eigenvalue weighted by Crippen LogP contribution is 2.36. The second kappa shape index (κ2) is 7.81. The molecule has 2 fully saturated rings. The summed E-state index contributed by atoms with van der Waals surface area (Å²) in [5.41, 5.74) is 0.162. The number of esters is 1. The molecule has 1 aromatic rings. The van der Waals surface area contributed by atoms with Crippen molar-refractivity contribution in [2.24, 2.45) is 0 Å². The molecule has 8 heteroatoms. The zero-order chi connectivity index (χ0) is 20.5. The molecule has 156 valence electrons. The molecular formula is C20H27F3N2O3. The quantitative estimate of drug-likeness (QED) is 0.761. The van der Waals surface area contributed by atoms with Crippen LogP contribution in [0.3, 0.4) is 0 Å². The van der Waals surface area contributed by atoms with Gasteiger partial charge in [0.05, 0.1) is 12.3 Å². The third-order valence-electron chi connectivity index (χ3n) is 5.26. The van der Waals surface area contributed by atoms with E-state index in [1.54, 1.807) is 0 Å². The molecule has 0 radical (unpaired) electrons. The summed E-state index contributed by atoms with van der Waals surface area (Å²) in [6.07, 6.45) is 0.0195. The molecule has 1 saturated carbocycles. The standard InChI is InChI=1S/C20H27F3N2O3/c1-4-27-18(26)20(22,23)28-13-9-10-16(14(21)11-13)25-12-19(2,3)24-15-7-5-6-8-17(15)25/h9-11,15,17,24H,4-8,12H2,1-3H3/t15-,17+/m1/s1. The van der Waals surface area contributed by atoms with E-state index in [1.165, 1.54) is 19.1 Å². The molecule has 2 aliphatic rings. The van der Waals surface area contributed by atoms with Gasteiger partial charge in [0.15, 0.2) is 0 Å². The third kappa shape index (κ3) is 4.37. The Bertz CT molecular complexity index is 727. The van der Waals surface area contributed by atoms with Gasteiger partial charge in [-0.1, -0.05) is 12.8 Å². The van der Waals surface area contributed by atoms with Crippen molar-refractivity contribution in [3.05, 3.63) is 24.0 Å². The number of carbonyl (C=O) groups is 1. The van der Waals surface area contributed by atoms with Gasteiger partial charge in [0.1, 0.15) is 11.6 Å². The summed E-state index contributed by atoms with van der Waals surface area (Å²) >= 11 is 0. The van der Waals surface area contributed by atoms with E-state index in [0.717, 1.165) is 31.7 Å². The minimum absolute atomic E-state index is 0.156. The van der Waals surface area contributed by atoms with Gasteiger partial charge in [-0.2, -0.15) is 8.78 Å². The van der Waals surface area contributed by atoms with Gasteiger partial charge in [-0.15, -0.1) is 0 Å². The first-order valence-corrected chi connectivity index (χ1v) is 9.71. The number of piperazine rings is 1. The van der Waals surface area contributed by atoms with Crippen LogP contribution in [0.1, 0.15) is 46.5 Å². The molecule has 1 aliphatic carbocycles. The number of hydrogen-bond acceptors (Lipinski definition) is 5. The van der Waals surface area contributed by atoms with Crippen molar-refractivity contribution in [1.82, 2.24) is 5.32 Å². The topological polar surface area (TPSA) is 50.8 Å². The Labute approximate surface area is 163 Å². The summed E-state index contributed by atoms with van der Waals surface area (Å²) in [7, 11) is 0. The van der Waals surface area contributed by atoms with Crippen LogP contribution in [0.15, 0.2) is 18.2 Å². The maximum Gasteiger partial charge on any atom is 0.502 e. The number of nitrogens with zero attached hydrogens (tertiary/aromatic N) is 1. The third-order valence-corrected chi connectivity index (χ3v) is 5.26. The Kier molecular flexibility index (Phi) is 5.79. The molecule has 1 heterocycles. The van der Waals surface area contributed by atoms with Crippen molar-refractivity contribution >= 4 is 11.7 Å². The number of rotatable bonds is 5. The number of fused-ring (bicyclic) bond motifs is 1. The molecule has 1 N–H and O–H groups in total. The maximum absolute atomic E-state index is 14.9. The summed E-state index contributed by atoms with van der Waals surface area (Å²) in [4.78, 5) is 13.3. The number of benzene rings is 1. The van der Waals surface area contributed by atoms with Crippen molar-refractivity contribution in [2.45, 2.75) is 70.2 Å². The largest absolute Gasteiger partial charge is 0.502 e. The van der Waals surface area contributed by atoms with Crippen LogP contribution in [0.5, 0.6) is 5.75 Å². The highest BCUT2D eigenvalue weighted by molar-refractivity contribution is 5.76. The van der Waals surface area contributed by atoms with E-state index in [-0.39, 0.29) is 24.2 Å². The first-order valence-electron chi connectivity index (χ1n) is 9.71. The van der Waals surface area contributed by atoms with Crippen molar-refractivity contribution in [3.8, 4) is 5.75 Å². The van der Waals surface area contributed by atoms with E-state index >= 15 is 0 Å². The average Bonchev–Trinajstić information content (AvgIpc) is 2.60. The van der Waals surface area contributed by atoms with Crippen LogP contribution < -0.4 is 15.0 Å². The fourth-order valence-corrected chi connectivity index (χ4v) is 4.20. The van der Waals surface area contributed by atoms with E-state index in [1.807, 2.05) is 4.90 Å². The normalized spacial score (nSPS) is 24.4. The van der Waals surface area contributed by atoms with E-state index in [0.29, 0.717) is 12.2 Å². The lowest BCUT2D eigenvalue weighted by molar-refractivity contribution is -0.216. The molecule has 0 amide bonds. The van der Waals surface area contributed by atoms with Crippen molar-refractivity contribution in [1.29, 1.82) is 0 Å². The smallest absolute Gasteiger partial charge is 0.459 e. The van der Waals surface area contributed by atoms with Crippen LogP contribution in [0.25, 0.3) is 0 Å². The van der Waals surface area contributed by atoms with Gasteiger partial charge < -0.3 is 19.7 Å². The van der Waals surface area contributed by atoms with Gasteiger partial charge in [0, 0.05) is 30.2 Å². The predicted octanol–water partition coefficient (Wildman–Crippen LogP) is 3.86. The van der Waals surface area contributed by atoms with Crippen molar-refractivity contribution in [3.63, 3.8) is 0 Å². The summed E-state index contributed by atoms with van der Waals surface area (Å²) in [5.74, 6) is -2.87. The minimum atomic E-state index is -4.17. The summed E-state index contributed by atoms with van der Waals surface area (Å²) in [6.45, 7) is 5.95. The zero-order valence-electron chi connectivity index (χ0n) is 16.4. The zero-order valence-corrected chi connectivity index (χ0v) is 16.4. The highest BCUT2D eigenvalue weighted by atomic mass is 19.3. The first kappa shape index (κ1) is 20.8. The summed E-state index contributed by atoms with van der Waals surface area (Å²) in [5, 5.41) is 3.64. The van der Waals surface area contributed by atoms with Gasteiger partial charge in [0.2, 0.25) is 0 Å². The molecule has 0 aromatic heterocycles. The van der Waals surface area contributed by atoms with Crippen LogP contribution in [-0.4, -0.2) is 42.9 Å². The van der Waals surface area contributed by atoms with Gasteiger partial charge >= 0.3 is 12.1 Å². The lowest BCUT2D eigenvalue weighted by atomic mass is 9.83. The Morgan fingerprint density at radius 1 is 1.32 bits per heavy atom. The molecule has 0 bridgehead atoms. The molecular weight excluding hydrogens is 373 g/mol. The fourth-order valence-electron chi connectivity index (χ4n) is 4.20. The van der Waals surface area contributed by atoms with Gasteiger partial charge in [-0.3, -0.25) is 0 Å². The van der Waals surface area contributed by atoms with E-state index in [9.17, 15) is 18.0 Å². The number of nitrogens with one attached hydrogen (secondary N) is 1. The van der Waals surface area contributed by atoms with Crippen LogP contribution in [0.2, 0.25) is 0 Å². The number of ether oxygens (including phenoxy) is 2. The van der Waals surface area contributed by atoms with Gasteiger partial charge in [-0.05, 0) is 45.7 Å². The molecule has 1 aromatic carbocycles. The number of anilines is 1. The molecule has 5 nitrogen and oxygen atoms in total. The monoisotopic (exact) mass is 400 g/mol. The SMILES string of the molecule is CCOC(=O)C(F)(F)Oc1ccc(N2CC(C)(C)N[C@@H]3CCCC[C@@H]32)c(F)c1. The van der Waals surface area contributed by atoms with Crippen molar-refractivity contribution in [2.75, 3.05) is 18.1 Å². The average molecular weight is 400 g/mol. The van der Waals surface area contributed by atoms with Crippen LogP contribution in [0.4, 0.5) is 18.9 Å². The lowest BCUT2D eigenvalue weighted by Gasteiger charge is -2.52. The second-order valence-corrected chi connectivity index (χ2v) is 8.07. The van der Waals surface area contributed by atoms with Gasteiger partial charge in [0.25, 0.3) is 0 Å². The number of halogens is 3. The highest BCUT2D eigenvalue weighted by Gasteiger charge is 2.45. The molecule has 0 spiro atoms. The van der Waals surface area contributed by atoms with E-state index in [4.69, 9.17) is 0 Å². The van der Waals surface area contributed by atoms with E-state index in [2.05, 4.69) is 28.6 Å². The van der Waals surface area contributed by atoms with Gasteiger partial charge in [-0.25, -0.2) is 9.18 Å². The molecule has 2 atom stereocenters. The second-order valence-electron chi connectivity index (χ2n) is 8.07. The number of alkyl halides is 2. The molecule has 1 saturated heterocycles. The fraction of sp³-hybridized carbons (Fsp3) is 0.650. The molecule has 3 rings (SSSR count). The Hall–Kier alpha value is -1.96. The first-order chi connectivity index (χ1) is 13.1. The van der Waals surface area contributed by atoms with Crippen LogP contribution >= 0.6 is 0 Å². The molecule has 1 aliphatic heterocycles. The summed E-state index contributed by atoms with van der Waals surface area (Å²) in [6, 6.07) is 4.03. The van der Waals surface area contributed by atoms with Crippen molar-refractivity contribution < 1.29 is 27.4 Å². The molecule has 0 unspecified atom stereocenters. The number of hydrogen-bond donors (Lipinski definition) is 1. The predicted molar refractivity (Wildman–Crippen MR) is 99.2 cm³/mol. The Morgan fingerprint density at radius 2 is 2.04 bits per heavy atom. The Balaban J connectivity index is 1.82. The summed E-state index contributed by atoms with van der Waals surface area (Å²) < 4.78 is 51.1. The Morgan fingerprint density at radius 3 is 2.71 bits per heavy atom. The maximum atomic E-state index is 14.9. The minimum Gasteiger partial charge on any atom is -0.459 e. The number of carbonyl (C=O) groups excluding carboxylic acids is 1. The lowest BCUT2D eigenvalue weighted by Crippen LogP contribution is -2.67.